The van der Waals surface area contributed by atoms with E-state index in [0.29, 0.717) is 23.8 Å². The fraction of sp³-hybridized carbons (Fsp3) is 0.333. The van der Waals surface area contributed by atoms with Gasteiger partial charge >= 0.3 is 0 Å². The number of amides is 2. The van der Waals surface area contributed by atoms with Gasteiger partial charge in [0.25, 0.3) is 0 Å². The van der Waals surface area contributed by atoms with Gasteiger partial charge in [-0.15, -0.1) is 0 Å². The van der Waals surface area contributed by atoms with Gasteiger partial charge in [-0.2, -0.15) is 0 Å². The van der Waals surface area contributed by atoms with Crippen molar-refractivity contribution in [2.45, 2.75) is 39.8 Å². The lowest BCUT2D eigenvalue weighted by Crippen LogP contribution is -2.31. The summed E-state index contributed by atoms with van der Waals surface area (Å²) in [5, 5.41) is 3.44. The molecule has 144 valence electrons. The largest absolute Gasteiger partial charge is 0.491 e. The molecule has 0 radical (unpaired) electrons. The van der Waals surface area contributed by atoms with Crippen LogP contribution < -0.4 is 10.1 Å². The minimum atomic E-state index is -0.155. The third-order valence-corrected chi connectivity index (χ3v) is 4.25. The lowest BCUT2D eigenvalue weighted by atomic mass is 10.2. The van der Waals surface area contributed by atoms with Crippen molar-refractivity contribution in [2.24, 2.45) is 0 Å². The first-order valence-corrected chi connectivity index (χ1v) is 9.28. The van der Waals surface area contributed by atoms with Crippen LogP contribution in [0, 0.1) is 0 Å². The summed E-state index contributed by atoms with van der Waals surface area (Å²) in [5.41, 5.74) is 1.55. The molecule has 0 bridgehead atoms. The second-order valence-corrected chi connectivity index (χ2v) is 6.93. The van der Waals surface area contributed by atoms with Crippen LogP contribution in [0.3, 0.4) is 0 Å². The Morgan fingerprint density at radius 3 is 2.37 bits per heavy atom. The number of rotatable bonds is 8. The van der Waals surface area contributed by atoms with E-state index in [1.165, 1.54) is 6.92 Å². The van der Waals surface area contributed by atoms with E-state index in [4.69, 9.17) is 16.3 Å². The number of hydrogen-bond donors (Lipinski definition) is 1. The standard InChI is InChI=1S/C21H25ClN2O3/c1-15(2)27-19-10-8-18(9-11-19)23-21(26)12-13-24(16(3)25)14-17-6-4-5-7-20(17)22/h4-11,15H,12-14H2,1-3H3,(H,23,26). The predicted molar refractivity (Wildman–Crippen MR) is 108 cm³/mol. The summed E-state index contributed by atoms with van der Waals surface area (Å²) in [5.74, 6) is 0.501. The third-order valence-electron chi connectivity index (χ3n) is 3.88. The molecule has 0 atom stereocenters. The summed E-state index contributed by atoms with van der Waals surface area (Å²) in [6.07, 6.45) is 0.301. The molecule has 0 aromatic heterocycles. The fourth-order valence-electron chi connectivity index (χ4n) is 2.53. The molecule has 0 aliphatic carbocycles. The van der Waals surface area contributed by atoms with Gasteiger partial charge in [-0.25, -0.2) is 0 Å². The van der Waals surface area contributed by atoms with E-state index in [9.17, 15) is 9.59 Å². The lowest BCUT2D eigenvalue weighted by molar-refractivity contribution is -0.129. The summed E-state index contributed by atoms with van der Waals surface area (Å²) in [7, 11) is 0. The molecule has 0 saturated carbocycles. The number of nitrogens with zero attached hydrogens (tertiary/aromatic N) is 1. The minimum Gasteiger partial charge on any atom is -0.491 e. The molecular weight excluding hydrogens is 364 g/mol. The molecule has 2 aromatic carbocycles. The van der Waals surface area contributed by atoms with Crippen LogP contribution in [0.1, 0.15) is 32.8 Å². The topological polar surface area (TPSA) is 58.6 Å². The van der Waals surface area contributed by atoms with Crippen LogP contribution in [0.4, 0.5) is 5.69 Å². The maximum absolute atomic E-state index is 12.2. The number of ether oxygens (including phenoxy) is 1. The third kappa shape index (κ3) is 6.94. The number of benzene rings is 2. The van der Waals surface area contributed by atoms with Gasteiger partial charge in [0.2, 0.25) is 11.8 Å². The summed E-state index contributed by atoms with van der Waals surface area (Å²) < 4.78 is 5.58. The molecule has 0 spiro atoms. The van der Waals surface area contributed by atoms with Crippen LogP contribution in [-0.4, -0.2) is 29.4 Å². The van der Waals surface area contributed by atoms with Crippen molar-refractivity contribution in [1.29, 1.82) is 0 Å². The van der Waals surface area contributed by atoms with Gasteiger partial charge < -0.3 is 15.0 Å². The van der Waals surface area contributed by atoms with E-state index in [1.807, 2.05) is 44.2 Å². The Balaban J connectivity index is 1.88. The Morgan fingerprint density at radius 1 is 1.11 bits per heavy atom. The van der Waals surface area contributed by atoms with Gasteiger partial charge in [0.1, 0.15) is 5.75 Å². The number of halogens is 1. The maximum atomic E-state index is 12.2. The molecule has 1 N–H and O–H groups in total. The number of hydrogen-bond acceptors (Lipinski definition) is 3. The Bertz CT molecular complexity index is 775. The number of carbonyl (C=O) groups excluding carboxylic acids is 2. The van der Waals surface area contributed by atoms with Crippen LogP contribution >= 0.6 is 11.6 Å². The van der Waals surface area contributed by atoms with Crippen molar-refractivity contribution in [1.82, 2.24) is 4.90 Å². The van der Waals surface area contributed by atoms with Crippen molar-refractivity contribution in [3.05, 3.63) is 59.1 Å². The van der Waals surface area contributed by atoms with Gasteiger partial charge in [0, 0.05) is 37.1 Å². The molecule has 0 fully saturated rings. The molecule has 0 heterocycles. The Kier molecular flexibility index (Phi) is 7.67. The average molecular weight is 389 g/mol. The Labute approximate surface area is 165 Å². The predicted octanol–water partition coefficient (Wildman–Crippen LogP) is 4.50. The van der Waals surface area contributed by atoms with E-state index in [-0.39, 0.29) is 24.3 Å². The quantitative estimate of drug-likeness (QED) is 0.724. The highest BCUT2D eigenvalue weighted by Gasteiger charge is 2.13. The second kappa shape index (κ2) is 9.97. The van der Waals surface area contributed by atoms with Crippen molar-refractivity contribution >= 4 is 29.1 Å². The van der Waals surface area contributed by atoms with Crippen LogP contribution in [0.15, 0.2) is 48.5 Å². The van der Waals surface area contributed by atoms with Gasteiger partial charge in [0.15, 0.2) is 0 Å². The van der Waals surface area contributed by atoms with E-state index in [1.54, 1.807) is 23.1 Å². The zero-order chi connectivity index (χ0) is 19.8. The number of carbonyl (C=O) groups is 2. The van der Waals surface area contributed by atoms with Crippen molar-refractivity contribution in [2.75, 3.05) is 11.9 Å². The van der Waals surface area contributed by atoms with Crippen LogP contribution in [0.5, 0.6) is 5.75 Å². The smallest absolute Gasteiger partial charge is 0.226 e. The molecule has 5 nitrogen and oxygen atoms in total. The van der Waals surface area contributed by atoms with Crippen molar-refractivity contribution in [3.8, 4) is 5.75 Å². The highest BCUT2D eigenvalue weighted by molar-refractivity contribution is 6.31. The first kappa shape index (κ1) is 20.8. The first-order valence-electron chi connectivity index (χ1n) is 8.90. The molecule has 0 aliphatic heterocycles. The molecule has 2 rings (SSSR count). The number of anilines is 1. The molecule has 0 aliphatic rings. The van der Waals surface area contributed by atoms with Gasteiger partial charge in [-0.3, -0.25) is 9.59 Å². The highest BCUT2D eigenvalue weighted by atomic mass is 35.5. The summed E-state index contributed by atoms with van der Waals surface area (Å²) in [6, 6.07) is 14.6. The zero-order valence-electron chi connectivity index (χ0n) is 15.9. The molecule has 2 aromatic rings. The van der Waals surface area contributed by atoms with E-state index in [0.717, 1.165) is 11.3 Å². The average Bonchev–Trinajstić information content (AvgIpc) is 2.61. The molecule has 0 saturated heterocycles. The second-order valence-electron chi connectivity index (χ2n) is 6.52. The molecule has 6 heteroatoms. The first-order chi connectivity index (χ1) is 12.8. The summed E-state index contributed by atoms with van der Waals surface area (Å²) >= 11 is 6.16. The van der Waals surface area contributed by atoms with Crippen molar-refractivity contribution in [3.63, 3.8) is 0 Å². The maximum Gasteiger partial charge on any atom is 0.226 e. The zero-order valence-corrected chi connectivity index (χ0v) is 16.6. The van der Waals surface area contributed by atoms with E-state index < -0.39 is 0 Å². The van der Waals surface area contributed by atoms with Crippen LogP contribution in [0.25, 0.3) is 0 Å². The van der Waals surface area contributed by atoms with Crippen molar-refractivity contribution < 1.29 is 14.3 Å². The van der Waals surface area contributed by atoms with E-state index >= 15 is 0 Å². The highest BCUT2D eigenvalue weighted by Crippen LogP contribution is 2.18. The van der Waals surface area contributed by atoms with Gasteiger partial charge in [-0.1, -0.05) is 29.8 Å². The van der Waals surface area contributed by atoms with Crippen LogP contribution in [0.2, 0.25) is 5.02 Å². The molecule has 0 unspecified atom stereocenters. The number of nitrogens with one attached hydrogen (secondary N) is 1. The van der Waals surface area contributed by atoms with Crippen LogP contribution in [-0.2, 0) is 16.1 Å². The molecular formula is C21H25ClN2O3. The summed E-state index contributed by atoms with van der Waals surface area (Å²) in [4.78, 5) is 25.7. The van der Waals surface area contributed by atoms with Gasteiger partial charge in [-0.05, 0) is 49.7 Å². The SMILES string of the molecule is CC(=O)N(CCC(=O)Nc1ccc(OC(C)C)cc1)Cc1ccccc1Cl. The van der Waals surface area contributed by atoms with Gasteiger partial charge in [0.05, 0.1) is 6.10 Å². The lowest BCUT2D eigenvalue weighted by Gasteiger charge is -2.21. The monoisotopic (exact) mass is 388 g/mol. The fourth-order valence-corrected chi connectivity index (χ4v) is 2.72. The molecule has 27 heavy (non-hydrogen) atoms. The normalized spacial score (nSPS) is 10.6. The minimum absolute atomic E-state index is 0.0983. The molecule has 2 amide bonds. The van der Waals surface area contributed by atoms with E-state index in [2.05, 4.69) is 5.32 Å². The Hall–Kier alpha value is -2.53. The summed E-state index contributed by atoms with van der Waals surface area (Å²) in [6.45, 7) is 6.10. The Morgan fingerprint density at radius 2 is 1.78 bits per heavy atom.